The molecular formula is C19H26N6O4. The van der Waals surface area contributed by atoms with Crippen molar-refractivity contribution in [1.82, 2.24) is 30.2 Å². The average Bonchev–Trinajstić information content (AvgIpc) is 2.90. The number of carbonyl (C=O) groups excluding carboxylic acids is 4. The van der Waals surface area contributed by atoms with E-state index in [1.54, 1.807) is 21.9 Å². The lowest BCUT2D eigenvalue weighted by Crippen LogP contribution is -2.58. The second kappa shape index (κ2) is 8.14. The molecule has 1 N–H and O–H groups in total. The zero-order valence-electron chi connectivity index (χ0n) is 16.9. The summed E-state index contributed by atoms with van der Waals surface area (Å²) in [5, 5.41) is 10.0. The normalized spacial score (nSPS) is 18.7. The molecule has 10 nitrogen and oxygen atoms in total. The van der Waals surface area contributed by atoms with E-state index in [4.69, 9.17) is 0 Å². The molecule has 1 aromatic heterocycles. The van der Waals surface area contributed by atoms with E-state index >= 15 is 0 Å². The maximum Gasteiger partial charge on any atom is 0.328 e. The number of aromatic nitrogens is 2. The summed E-state index contributed by atoms with van der Waals surface area (Å²) >= 11 is 0. The van der Waals surface area contributed by atoms with Crippen LogP contribution in [0.3, 0.4) is 0 Å². The lowest BCUT2D eigenvalue weighted by molar-refractivity contribution is -0.138. The Labute approximate surface area is 169 Å². The van der Waals surface area contributed by atoms with Crippen LogP contribution in [0.5, 0.6) is 0 Å². The van der Waals surface area contributed by atoms with Gasteiger partial charge in [0, 0.05) is 32.9 Å². The van der Waals surface area contributed by atoms with Crippen LogP contribution in [-0.2, 0) is 9.59 Å². The molecule has 2 aliphatic heterocycles. The number of likely N-dealkylation sites (tertiary alicyclic amines) is 1. The van der Waals surface area contributed by atoms with Crippen LogP contribution in [0.25, 0.3) is 0 Å². The van der Waals surface area contributed by atoms with E-state index in [1.165, 1.54) is 13.2 Å². The van der Waals surface area contributed by atoms with Crippen LogP contribution in [0.1, 0.15) is 37.2 Å². The van der Waals surface area contributed by atoms with Crippen molar-refractivity contribution in [1.29, 1.82) is 0 Å². The molecule has 3 heterocycles. The minimum absolute atomic E-state index is 0.155. The van der Waals surface area contributed by atoms with Gasteiger partial charge in [0.2, 0.25) is 5.91 Å². The number of amides is 5. The molecule has 5 amide bonds. The summed E-state index contributed by atoms with van der Waals surface area (Å²) in [4.78, 5) is 54.9. The van der Waals surface area contributed by atoms with Crippen molar-refractivity contribution in [3.05, 3.63) is 24.0 Å². The van der Waals surface area contributed by atoms with Gasteiger partial charge in [-0.1, -0.05) is 13.8 Å². The summed E-state index contributed by atoms with van der Waals surface area (Å²) in [6.45, 7) is 4.69. The third kappa shape index (κ3) is 3.79. The minimum atomic E-state index is -1.02. The Balaban J connectivity index is 1.81. The number of carbonyl (C=O) groups is 4. The van der Waals surface area contributed by atoms with Crippen molar-refractivity contribution in [2.45, 2.75) is 32.2 Å². The zero-order chi connectivity index (χ0) is 21.2. The van der Waals surface area contributed by atoms with Crippen LogP contribution < -0.4 is 5.32 Å². The summed E-state index contributed by atoms with van der Waals surface area (Å²) in [6.07, 6.45) is 2.14. The lowest BCUT2D eigenvalue weighted by atomic mass is 9.85. The first-order chi connectivity index (χ1) is 13.8. The minimum Gasteiger partial charge on any atom is -0.358 e. The molecule has 0 unspecified atom stereocenters. The number of likely N-dealkylation sites (N-methyl/N-ethyl adjacent to an activating group) is 1. The number of piperidine rings is 1. The largest absolute Gasteiger partial charge is 0.358 e. The van der Waals surface area contributed by atoms with Crippen molar-refractivity contribution in [3.8, 4) is 0 Å². The maximum absolute atomic E-state index is 13.2. The zero-order valence-corrected chi connectivity index (χ0v) is 16.9. The summed E-state index contributed by atoms with van der Waals surface area (Å²) in [6, 6.07) is 2.80. The predicted octanol–water partition coefficient (Wildman–Crippen LogP) is 0.118. The van der Waals surface area contributed by atoms with Gasteiger partial charge in [-0.2, -0.15) is 5.10 Å². The second-order valence-corrected chi connectivity index (χ2v) is 7.78. The Morgan fingerprint density at radius 3 is 2.48 bits per heavy atom. The molecule has 10 heteroatoms. The molecule has 1 spiro atoms. The predicted molar refractivity (Wildman–Crippen MR) is 103 cm³/mol. The number of rotatable bonds is 5. The van der Waals surface area contributed by atoms with Crippen molar-refractivity contribution in [3.63, 3.8) is 0 Å². The van der Waals surface area contributed by atoms with E-state index in [1.807, 2.05) is 13.8 Å². The number of imide groups is 1. The third-order valence-electron chi connectivity index (χ3n) is 5.42. The van der Waals surface area contributed by atoms with Gasteiger partial charge in [-0.3, -0.25) is 19.3 Å². The lowest BCUT2D eigenvalue weighted by Gasteiger charge is -2.42. The van der Waals surface area contributed by atoms with Crippen molar-refractivity contribution >= 4 is 23.8 Å². The maximum atomic E-state index is 13.2. The van der Waals surface area contributed by atoms with Crippen LogP contribution in [0, 0.1) is 5.92 Å². The average molecular weight is 402 g/mol. The summed E-state index contributed by atoms with van der Waals surface area (Å²) in [5.41, 5.74) is -0.772. The highest BCUT2D eigenvalue weighted by molar-refractivity contribution is 6.09. The summed E-state index contributed by atoms with van der Waals surface area (Å²) in [7, 11) is 1.46. The Kier molecular flexibility index (Phi) is 5.81. The van der Waals surface area contributed by atoms with Crippen LogP contribution in [0.15, 0.2) is 18.3 Å². The molecule has 1 aromatic rings. The first-order valence-corrected chi connectivity index (χ1v) is 9.71. The van der Waals surface area contributed by atoms with Crippen LogP contribution in [0.2, 0.25) is 0 Å². The van der Waals surface area contributed by atoms with E-state index < -0.39 is 17.5 Å². The monoisotopic (exact) mass is 402 g/mol. The molecule has 0 aliphatic carbocycles. The highest BCUT2D eigenvalue weighted by Crippen LogP contribution is 2.38. The Morgan fingerprint density at radius 1 is 1.24 bits per heavy atom. The topological polar surface area (TPSA) is 116 Å². The Bertz CT molecular complexity index is 804. The van der Waals surface area contributed by atoms with E-state index in [2.05, 4.69) is 15.5 Å². The molecule has 0 aromatic carbocycles. The molecule has 2 saturated heterocycles. The second-order valence-electron chi connectivity index (χ2n) is 7.78. The number of nitrogens with zero attached hydrogens (tertiary/aromatic N) is 5. The van der Waals surface area contributed by atoms with Gasteiger partial charge in [-0.15, -0.1) is 5.10 Å². The number of nitrogens with one attached hydrogen (secondary N) is 1. The molecule has 2 fully saturated rings. The van der Waals surface area contributed by atoms with Crippen molar-refractivity contribution in [2.75, 3.05) is 33.2 Å². The van der Waals surface area contributed by atoms with E-state index in [-0.39, 0.29) is 30.0 Å². The SMILES string of the molecule is CNC(=O)CN1C(=O)N(CC(C)C)C2(CCN(C(=O)c3cccnn3)CC2)C1=O. The Morgan fingerprint density at radius 2 is 1.93 bits per heavy atom. The molecule has 2 aliphatic rings. The van der Waals surface area contributed by atoms with Gasteiger partial charge in [0.25, 0.3) is 11.8 Å². The summed E-state index contributed by atoms with van der Waals surface area (Å²) < 4.78 is 0. The van der Waals surface area contributed by atoms with Gasteiger partial charge >= 0.3 is 6.03 Å². The fourth-order valence-corrected chi connectivity index (χ4v) is 3.90. The molecule has 0 saturated carbocycles. The molecule has 156 valence electrons. The molecular weight excluding hydrogens is 376 g/mol. The van der Waals surface area contributed by atoms with Gasteiger partial charge in [-0.05, 0) is 30.9 Å². The molecule has 3 rings (SSSR count). The van der Waals surface area contributed by atoms with Crippen molar-refractivity contribution in [2.24, 2.45) is 5.92 Å². The van der Waals surface area contributed by atoms with Gasteiger partial charge in [0.05, 0.1) is 0 Å². The van der Waals surface area contributed by atoms with Gasteiger partial charge in [0.1, 0.15) is 12.1 Å². The quantitative estimate of drug-likeness (QED) is 0.700. The highest BCUT2D eigenvalue weighted by atomic mass is 16.2. The molecule has 0 radical (unpaired) electrons. The third-order valence-corrected chi connectivity index (χ3v) is 5.42. The fourth-order valence-electron chi connectivity index (χ4n) is 3.90. The number of hydrogen-bond acceptors (Lipinski definition) is 6. The smallest absolute Gasteiger partial charge is 0.328 e. The fraction of sp³-hybridized carbons (Fsp3) is 0.579. The van der Waals surface area contributed by atoms with Crippen LogP contribution >= 0.6 is 0 Å². The van der Waals surface area contributed by atoms with E-state index in [0.717, 1.165) is 4.90 Å². The van der Waals surface area contributed by atoms with Gasteiger partial charge in [-0.25, -0.2) is 4.79 Å². The van der Waals surface area contributed by atoms with Crippen molar-refractivity contribution < 1.29 is 19.2 Å². The van der Waals surface area contributed by atoms with Gasteiger partial charge in [0.15, 0.2) is 5.69 Å². The highest BCUT2D eigenvalue weighted by Gasteiger charge is 2.58. The molecule has 29 heavy (non-hydrogen) atoms. The van der Waals surface area contributed by atoms with Crippen LogP contribution in [-0.4, -0.2) is 87.4 Å². The molecule has 0 bridgehead atoms. The van der Waals surface area contributed by atoms with Gasteiger partial charge < -0.3 is 15.1 Å². The first-order valence-electron chi connectivity index (χ1n) is 9.71. The first kappa shape index (κ1) is 20.7. The van der Waals surface area contributed by atoms with Crippen LogP contribution in [0.4, 0.5) is 4.79 Å². The van der Waals surface area contributed by atoms with E-state index in [9.17, 15) is 19.2 Å². The number of urea groups is 1. The molecule has 0 atom stereocenters. The summed E-state index contributed by atoms with van der Waals surface area (Å²) in [5.74, 6) is -0.855. The van der Waals surface area contributed by atoms with E-state index in [0.29, 0.717) is 32.5 Å². The Hall–Kier alpha value is -3.04. The standard InChI is InChI=1S/C19H26N6O4/c1-13(2)11-25-18(29)24(12-15(26)20-3)17(28)19(25)6-9-23(10-7-19)16(27)14-5-4-8-21-22-14/h4-5,8,13H,6-7,9-12H2,1-3H3,(H,20,26). The number of hydrogen-bond donors (Lipinski definition) is 1.